The van der Waals surface area contributed by atoms with Crippen molar-refractivity contribution in [3.05, 3.63) is 46.7 Å². The Bertz CT molecular complexity index is 644. The Morgan fingerprint density at radius 1 is 1.53 bits per heavy atom. The molecule has 0 spiro atoms. The maximum atomic E-state index is 11.5. The second kappa shape index (κ2) is 5.70. The van der Waals surface area contributed by atoms with Gasteiger partial charge in [-0.3, -0.25) is 0 Å². The lowest BCUT2D eigenvalue weighted by Gasteiger charge is -1.99. The molecule has 0 bridgehead atoms. The van der Waals surface area contributed by atoms with Gasteiger partial charge >= 0.3 is 5.97 Å². The fourth-order valence-corrected chi connectivity index (χ4v) is 1.49. The molecule has 0 aliphatic heterocycles. The normalized spacial score (nSPS) is 9.74. The molecule has 7 nitrogen and oxygen atoms in total. The standard InChI is InChI=1S/C12H10N4O3/c1-2-18-12(17)10-7-19-11(14-10)8-5-3-4-6-9(8)15-16-13/h3-7H,2H2,1H3. The quantitative estimate of drug-likeness (QED) is 0.362. The van der Waals surface area contributed by atoms with E-state index in [0.717, 1.165) is 0 Å². The van der Waals surface area contributed by atoms with Gasteiger partial charge in [-0.1, -0.05) is 23.3 Å². The van der Waals surface area contributed by atoms with Crippen LogP contribution in [-0.4, -0.2) is 17.6 Å². The van der Waals surface area contributed by atoms with Crippen LogP contribution >= 0.6 is 0 Å². The second-order valence-corrected chi connectivity index (χ2v) is 3.46. The minimum atomic E-state index is -0.557. The van der Waals surface area contributed by atoms with Crippen LogP contribution in [0.15, 0.2) is 40.1 Å². The average molecular weight is 258 g/mol. The van der Waals surface area contributed by atoms with Crippen LogP contribution in [0.4, 0.5) is 5.69 Å². The topological polar surface area (TPSA) is 101 Å². The predicted octanol–water partition coefficient (Wildman–Crippen LogP) is 3.46. The summed E-state index contributed by atoms with van der Waals surface area (Å²) in [6.07, 6.45) is 1.21. The Labute approximate surface area is 108 Å². The zero-order valence-corrected chi connectivity index (χ0v) is 10.1. The second-order valence-electron chi connectivity index (χ2n) is 3.46. The number of azide groups is 1. The first-order chi connectivity index (χ1) is 9.26. The maximum absolute atomic E-state index is 11.5. The van der Waals surface area contributed by atoms with Gasteiger partial charge in [-0.15, -0.1) is 0 Å². The summed E-state index contributed by atoms with van der Waals surface area (Å²) >= 11 is 0. The molecule has 0 saturated heterocycles. The Kier molecular flexibility index (Phi) is 3.80. The molecule has 96 valence electrons. The van der Waals surface area contributed by atoms with Gasteiger partial charge in [0.2, 0.25) is 5.89 Å². The molecule has 0 aliphatic rings. The molecule has 2 aromatic rings. The van der Waals surface area contributed by atoms with E-state index in [1.807, 2.05) is 0 Å². The van der Waals surface area contributed by atoms with Crippen molar-refractivity contribution in [2.45, 2.75) is 6.92 Å². The molecule has 0 fully saturated rings. The number of carbonyl (C=O) groups excluding carboxylic acids is 1. The number of aromatic nitrogens is 1. The van der Waals surface area contributed by atoms with Crippen LogP contribution in [0.3, 0.4) is 0 Å². The number of hydrogen-bond donors (Lipinski definition) is 0. The molecule has 0 radical (unpaired) electrons. The van der Waals surface area contributed by atoms with Crippen molar-refractivity contribution in [1.82, 2.24) is 4.98 Å². The lowest BCUT2D eigenvalue weighted by atomic mass is 10.2. The average Bonchev–Trinajstić information content (AvgIpc) is 2.90. The number of rotatable bonds is 4. The summed E-state index contributed by atoms with van der Waals surface area (Å²) in [5.41, 5.74) is 9.45. The summed E-state index contributed by atoms with van der Waals surface area (Å²) in [7, 11) is 0. The Hall–Kier alpha value is -2.79. The predicted molar refractivity (Wildman–Crippen MR) is 66.7 cm³/mol. The van der Waals surface area contributed by atoms with Crippen LogP contribution in [0.25, 0.3) is 21.9 Å². The molecule has 1 aromatic carbocycles. The molecular formula is C12H10N4O3. The third kappa shape index (κ3) is 2.72. The minimum absolute atomic E-state index is 0.0765. The van der Waals surface area contributed by atoms with E-state index in [4.69, 9.17) is 14.7 Å². The fraction of sp³-hybridized carbons (Fsp3) is 0.167. The molecule has 1 aromatic heterocycles. The lowest BCUT2D eigenvalue weighted by molar-refractivity contribution is 0.0519. The number of carbonyl (C=O) groups is 1. The highest BCUT2D eigenvalue weighted by Gasteiger charge is 2.15. The number of ether oxygens (including phenoxy) is 1. The number of oxazole rings is 1. The molecule has 0 saturated carbocycles. The van der Waals surface area contributed by atoms with Crippen molar-refractivity contribution >= 4 is 11.7 Å². The summed E-state index contributed by atoms with van der Waals surface area (Å²) in [6.45, 7) is 1.96. The third-order valence-electron chi connectivity index (χ3n) is 2.28. The van der Waals surface area contributed by atoms with Crippen molar-refractivity contribution in [2.24, 2.45) is 5.11 Å². The monoisotopic (exact) mass is 258 g/mol. The van der Waals surface area contributed by atoms with E-state index < -0.39 is 5.97 Å². The van der Waals surface area contributed by atoms with Gasteiger partial charge in [-0.05, 0) is 18.5 Å². The summed E-state index contributed by atoms with van der Waals surface area (Å²) in [5, 5.41) is 3.54. The van der Waals surface area contributed by atoms with E-state index in [1.165, 1.54) is 6.26 Å². The highest BCUT2D eigenvalue weighted by Crippen LogP contribution is 2.29. The first-order valence-corrected chi connectivity index (χ1v) is 5.53. The molecule has 1 heterocycles. The van der Waals surface area contributed by atoms with Crippen molar-refractivity contribution in [1.29, 1.82) is 0 Å². The molecule has 7 heteroatoms. The van der Waals surface area contributed by atoms with E-state index in [1.54, 1.807) is 31.2 Å². The molecular weight excluding hydrogens is 248 g/mol. The SMILES string of the molecule is CCOC(=O)c1coc(-c2ccccc2N=[N+]=[N-])n1. The molecule has 19 heavy (non-hydrogen) atoms. The summed E-state index contributed by atoms with van der Waals surface area (Å²) < 4.78 is 10.0. The lowest BCUT2D eigenvalue weighted by Crippen LogP contribution is -2.04. The van der Waals surface area contributed by atoms with Crippen LogP contribution in [0.5, 0.6) is 0 Å². The van der Waals surface area contributed by atoms with E-state index in [-0.39, 0.29) is 18.2 Å². The smallest absolute Gasteiger partial charge is 0.360 e. The van der Waals surface area contributed by atoms with E-state index in [0.29, 0.717) is 11.3 Å². The number of benzene rings is 1. The zero-order chi connectivity index (χ0) is 13.7. The Morgan fingerprint density at radius 3 is 3.05 bits per heavy atom. The van der Waals surface area contributed by atoms with Gasteiger partial charge < -0.3 is 9.15 Å². The third-order valence-corrected chi connectivity index (χ3v) is 2.28. The maximum Gasteiger partial charge on any atom is 0.360 e. The minimum Gasteiger partial charge on any atom is -0.461 e. The van der Waals surface area contributed by atoms with Crippen molar-refractivity contribution in [3.63, 3.8) is 0 Å². The summed E-state index contributed by atoms with van der Waals surface area (Å²) in [4.78, 5) is 18.2. The molecule has 2 rings (SSSR count). The number of hydrogen-bond acceptors (Lipinski definition) is 5. The largest absolute Gasteiger partial charge is 0.461 e. The summed E-state index contributed by atoms with van der Waals surface area (Å²) in [6, 6.07) is 6.79. The molecule has 0 unspecified atom stereocenters. The van der Waals surface area contributed by atoms with Crippen LogP contribution in [0.2, 0.25) is 0 Å². The zero-order valence-electron chi connectivity index (χ0n) is 10.1. The van der Waals surface area contributed by atoms with Crippen LogP contribution in [-0.2, 0) is 4.74 Å². The van der Waals surface area contributed by atoms with E-state index in [9.17, 15) is 4.79 Å². The van der Waals surface area contributed by atoms with Crippen molar-refractivity contribution in [2.75, 3.05) is 6.61 Å². The first-order valence-electron chi connectivity index (χ1n) is 5.53. The van der Waals surface area contributed by atoms with Gasteiger partial charge in [0.25, 0.3) is 0 Å². The highest BCUT2D eigenvalue weighted by molar-refractivity contribution is 5.87. The van der Waals surface area contributed by atoms with Gasteiger partial charge in [0.1, 0.15) is 6.26 Å². The van der Waals surface area contributed by atoms with E-state index >= 15 is 0 Å². The van der Waals surface area contributed by atoms with Gasteiger partial charge in [0.15, 0.2) is 5.69 Å². The molecule has 0 amide bonds. The Balaban J connectivity index is 2.38. The highest BCUT2D eigenvalue weighted by atomic mass is 16.5. The summed E-state index contributed by atoms with van der Waals surface area (Å²) in [5.74, 6) is -0.357. The molecule has 0 N–H and O–H groups in total. The van der Waals surface area contributed by atoms with Crippen molar-refractivity contribution in [3.8, 4) is 11.5 Å². The van der Waals surface area contributed by atoms with Crippen LogP contribution < -0.4 is 0 Å². The number of esters is 1. The van der Waals surface area contributed by atoms with Gasteiger partial charge in [0.05, 0.1) is 12.3 Å². The van der Waals surface area contributed by atoms with Gasteiger partial charge in [-0.25, -0.2) is 9.78 Å². The van der Waals surface area contributed by atoms with Crippen molar-refractivity contribution < 1.29 is 13.9 Å². The molecule has 0 atom stereocenters. The van der Waals surface area contributed by atoms with Crippen LogP contribution in [0, 0.1) is 0 Å². The van der Waals surface area contributed by atoms with Gasteiger partial charge in [0, 0.05) is 10.5 Å². The molecule has 0 aliphatic carbocycles. The number of nitrogens with zero attached hydrogens (tertiary/aromatic N) is 4. The Morgan fingerprint density at radius 2 is 2.32 bits per heavy atom. The van der Waals surface area contributed by atoms with E-state index in [2.05, 4.69) is 15.0 Å². The van der Waals surface area contributed by atoms with Crippen LogP contribution in [0.1, 0.15) is 17.4 Å². The fourth-order valence-electron chi connectivity index (χ4n) is 1.49. The first kappa shape index (κ1) is 12.7. The van der Waals surface area contributed by atoms with Gasteiger partial charge in [-0.2, -0.15) is 0 Å².